The van der Waals surface area contributed by atoms with Gasteiger partial charge in [0.2, 0.25) is 5.91 Å². The molecule has 0 saturated carbocycles. The molecule has 0 aliphatic carbocycles. The monoisotopic (exact) mass is 340 g/mol. The molecule has 2 aliphatic heterocycles. The first-order valence-electron chi connectivity index (χ1n) is 8.75. The first-order chi connectivity index (χ1) is 12.1. The quantitative estimate of drug-likeness (QED) is 0.913. The summed E-state index contributed by atoms with van der Waals surface area (Å²) in [6.07, 6.45) is 2.07. The van der Waals surface area contributed by atoms with Crippen LogP contribution in [0.4, 0.5) is 10.2 Å². The largest absolute Gasteiger partial charge is 0.356 e. The maximum Gasteiger partial charge on any atom is 0.225 e. The maximum atomic E-state index is 13.4. The SMILES string of the molecule is Cc1cc(-c2cccc(F)c2)nnc1N1CC[C@@H]2CCNC(=O)[C@@H]2C1. The van der Waals surface area contributed by atoms with E-state index in [0.717, 1.165) is 37.3 Å². The molecule has 1 N–H and O–H groups in total. The van der Waals surface area contributed by atoms with Crippen LogP contribution in [0.1, 0.15) is 18.4 Å². The summed E-state index contributed by atoms with van der Waals surface area (Å²) in [4.78, 5) is 14.3. The van der Waals surface area contributed by atoms with Crippen LogP contribution in [0.15, 0.2) is 30.3 Å². The number of nitrogens with zero attached hydrogens (tertiary/aromatic N) is 3. The molecule has 130 valence electrons. The highest BCUT2D eigenvalue weighted by molar-refractivity contribution is 5.80. The van der Waals surface area contributed by atoms with E-state index in [2.05, 4.69) is 20.4 Å². The van der Waals surface area contributed by atoms with Gasteiger partial charge in [-0.15, -0.1) is 10.2 Å². The normalized spacial score (nSPS) is 23.1. The lowest BCUT2D eigenvalue weighted by Crippen LogP contribution is -2.52. The Hall–Kier alpha value is -2.50. The zero-order valence-electron chi connectivity index (χ0n) is 14.2. The molecule has 25 heavy (non-hydrogen) atoms. The fourth-order valence-electron chi connectivity index (χ4n) is 3.93. The Bertz CT molecular complexity index is 810. The molecule has 1 amide bonds. The van der Waals surface area contributed by atoms with E-state index >= 15 is 0 Å². The van der Waals surface area contributed by atoms with Crippen LogP contribution in [0.5, 0.6) is 0 Å². The summed E-state index contributed by atoms with van der Waals surface area (Å²) in [6.45, 7) is 4.36. The van der Waals surface area contributed by atoms with Crippen molar-refractivity contribution in [3.05, 3.63) is 41.7 Å². The van der Waals surface area contributed by atoms with Gasteiger partial charge in [-0.1, -0.05) is 12.1 Å². The molecule has 0 unspecified atom stereocenters. The Balaban J connectivity index is 1.58. The molecule has 0 spiro atoms. The van der Waals surface area contributed by atoms with Crippen LogP contribution in [0.25, 0.3) is 11.3 Å². The van der Waals surface area contributed by atoms with E-state index in [9.17, 15) is 9.18 Å². The molecule has 2 aliphatic rings. The van der Waals surface area contributed by atoms with E-state index in [-0.39, 0.29) is 17.6 Å². The molecular formula is C19H21FN4O. The molecule has 5 nitrogen and oxygen atoms in total. The lowest BCUT2D eigenvalue weighted by atomic mass is 9.80. The standard InChI is InChI=1S/C19H21FN4O/c1-12-9-17(14-3-2-4-15(20)10-14)22-23-18(12)24-8-6-13-5-7-21-19(25)16(13)11-24/h2-4,9-10,13,16H,5-8,11H2,1H3,(H,21,25)/t13-,16+/m0/s1. The summed E-state index contributed by atoms with van der Waals surface area (Å²) in [5.41, 5.74) is 2.36. The molecule has 2 fully saturated rings. The molecule has 2 saturated heterocycles. The zero-order chi connectivity index (χ0) is 17.4. The minimum atomic E-state index is -0.286. The highest BCUT2D eigenvalue weighted by Crippen LogP contribution is 2.32. The van der Waals surface area contributed by atoms with E-state index in [1.165, 1.54) is 12.1 Å². The fourth-order valence-corrected chi connectivity index (χ4v) is 3.93. The van der Waals surface area contributed by atoms with Gasteiger partial charge in [0.15, 0.2) is 5.82 Å². The smallest absolute Gasteiger partial charge is 0.225 e. The molecule has 0 bridgehead atoms. The van der Waals surface area contributed by atoms with Gasteiger partial charge in [-0.3, -0.25) is 4.79 Å². The highest BCUT2D eigenvalue weighted by atomic mass is 19.1. The summed E-state index contributed by atoms with van der Waals surface area (Å²) < 4.78 is 13.4. The Kier molecular flexibility index (Phi) is 4.11. The Labute approximate surface area is 146 Å². The number of aromatic nitrogens is 2. The van der Waals surface area contributed by atoms with Gasteiger partial charge in [0.1, 0.15) is 5.82 Å². The molecule has 4 rings (SSSR count). The first-order valence-corrected chi connectivity index (χ1v) is 8.75. The molecule has 3 heterocycles. The second kappa shape index (κ2) is 6.43. The van der Waals surface area contributed by atoms with Crippen LogP contribution < -0.4 is 10.2 Å². The highest BCUT2D eigenvalue weighted by Gasteiger charge is 2.37. The van der Waals surface area contributed by atoms with Crippen LogP contribution in [0, 0.1) is 24.6 Å². The van der Waals surface area contributed by atoms with Gasteiger partial charge >= 0.3 is 0 Å². The lowest BCUT2D eigenvalue weighted by molar-refractivity contribution is -0.129. The summed E-state index contributed by atoms with van der Waals surface area (Å²) in [5.74, 6) is 1.20. The van der Waals surface area contributed by atoms with Crippen molar-refractivity contribution in [2.75, 3.05) is 24.5 Å². The van der Waals surface area contributed by atoms with Crippen LogP contribution in [0.3, 0.4) is 0 Å². The van der Waals surface area contributed by atoms with Crippen LogP contribution >= 0.6 is 0 Å². The van der Waals surface area contributed by atoms with Gasteiger partial charge in [0.25, 0.3) is 0 Å². The summed E-state index contributed by atoms with van der Waals surface area (Å²) in [7, 11) is 0. The molecule has 6 heteroatoms. The van der Waals surface area contributed by atoms with E-state index < -0.39 is 0 Å². The number of hydrogen-bond acceptors (Lipinski definition) is 4. The van der Waals surface area contributed by atoms with E-state index in [1.54, 1.807) is 6.07 Å². The third kappa shape index (κ3) is 3.08. The molecule has 1 aromatic carbocycles. The number of carbonyl (C=O) groups excluding carboxylic acids is 1. The van der Waals surface area contributed by atoms with Gasteiger partial charge in [0.05, 0.1) is 11.6 Å². The number of carbonyl (C=O) groups is 1. The second-order valence-corrected chi connectivity index (χ2v) is 6.93. The predicted molar refractivity (Wildman–Crippen MR) is 93.6 cm³/mol. The van der Waals surface area contributed by atoms with Crippen molar-refractivity contribution >= 4 is 11.7 Å². The van der Waals surface area contributed by atoms with Gasteiger partial charge in [-0.2, -0.15) is 0 Å². The van der Waals surface area contributed by atoms with Crippen molar-refractivity contribution in [3.8, 4) is 11.3 Å². The fraction of sp³-hybridized carbons (Fsp3) is 0.421. The van der Waals surface area contributed by atoms with Gasteiger partial charge in [0, 0.05) is 25.2 Å². The molecule has 1 aromatic heterocycles. The van der Waals surface area contributed by atoms with Crippen LogP contribution in [0.2, 0.25) is 0 Å². The van der Waals surface area contributed by atoms with Crippen molar-refractivity contribution < 1.29 is 9.18 Å². The molecule has 0 radical (unpaired) electrons. The first kappa shape index (κ1) is 16.0. The topological polar surface area (TPSA) is 58.1 Å². The van der Waals surface area contributed by atoms with Crippen LogP contribution in [-0.4, -0.2) is 35.7 Å². The van der Waals surface area contributed by atoms with E-state index in [4.69, 9.17) is 0 Å². The van der Waals surface area contributed by atoms with Crippen molar-refractivity contribution in [1.82, 2.24) is 15.5 Å². The number of benzene rings is 1. The van der Waals surface area contributed by atoms with E-state index in [0.29, 0.717) is 23.7 Å². The predicted octanol–water partition coefficient (Wildman–Crippen LogP) is 2.55. The summed E-state index contributed by atoms with van der Waals surface area (Å²) >= 11 is 0. The Morgan fingerprint density at radius 1 is 1.24 bits per heavy atom. The summed E-state index contributed by atoms with van der Waals surface area (Å²) in [6, 6.07) is 8.30. The van der Waals surface area contributed by atoms with Crippen molar-refractivity contribution in [3.63, 3.8) is 0 Å². The zero-order valence-corrected chi connectivity index (χ0v) is 14.2. The third-order valence-electron chi connectivity index (χ3n) is 5.29. The minimum Gasteiger partial charge on any atom is -0.356 e. The maximum absolute atomic E-state index is 13.4. The number of amides is 1. The van der Waals surface area contributed by atoms with Gasteiger partial charge in [-0.25, -0.2) is 4.39 Å². The van der Waals surface area contributed by atoms with Crippen molar-refractivity contribution in [2.45, 2.75) is 19.8 Å². The Morgan fingerprint density at radius 3 is 2.92 bits per heavy atom. The number of fused-ring (bicyclic) bond motifs is 1. The minimum absolute atomic E-state index is 0.0339. The molecule has 2 aromatic rings. The number of rotatable bonds is 2. The van der Waals surface area contributed by atoms with Gasteiger partial charge < -0.3 is 10.2 Å². The third-order valence-corrected chi connectivity index (χ3v) is 5.29. The number of nitrogens with one attached hydrogen (secondary N) is 1. The number of aryl methyl sites for hydroxylation is 1. The lowest BCUT2D eigenvalue weighted by Gasteiger charge is -2.41. The number of hydrogen-bond donors (Lipinski definition) is 1. The second-order valence-electron chi connectivity index (χ2n) is 6.93. The molecule has 2 atom stereocenters. The summed E-state index contributed by atoms with van der Waals surface area (Å²) in [5, 5.41) is 11.6. The number of piperidine rings is 2. The van der Waals surface area contributed by atoms with Crippen LogP contribution in [-0.2, 0) is 4.79 Å². The number of anilines is 1. The number of halogens is 1. The van der Waals surface area contributed by atoms with E-state index in [1.807, 2.05) is 19.1 Å². The Morgan fingerprint density at radius 2 is 2.12 bits per heavy atom. The average Bonchev–Trinajstić information content (AvgIpc) is 2.62. The molecular weight excluding hydrogens is 319 g/mol. The van der Waals surface area contributed by atoms with Gasteiger partial charge in [-0.05, 0) is 49.4 Å². The van der Waals surface area contributed by atoms with Crippen molar-refractivity contribution in [2.24, 2.45) is 11.8 Å². The van der Waals surface area contributed by atoms with Crippen molar-refractivity contribution in [1.29, 1.82) is 0 Å². The average molecular weight is 340 g/mol.